The van der Waals surface area contributed by atoms with Crippen molar-refractivity contribution < 1.29 is 19.4 Å². The summed E-state index contributed by atoms with van der Waals surface area (Å²) in [6, 6.07) is 9.42. The van der Waals surface area contributed by atoms with Crippen LogP contribution in [-0.4, -0.2) is 53.0 Å². The first kappa shape index (κ1) is 27.9. The third-order valence-corrected chi connectivity index (χ3v) is 4.93. The van der Waals surface area contributed by atoms with Crippen molar-refractivity contribution >= 4 is 12.0 Å². The Hall–Kier alpha value is -2.12. The minimum absolute atomic E-state index is 0.124. The molecule has 0 bridgehead atoms. The molecule has 0 radical (unpaired) electrons. The number of aliphatic hydroxyl groups is 1. The van der Waals surface area contributed by atoms with Crippen molar-refractivity contribution in [3.8, 4) is 0 Å². The number of ether oxygens (including phenoxy) is 1. The topological polar surface area (TPSA) is 105 Å². The molecule has 1 rings (SSSR count). The molecule has 0 saturated heterocycles. The van der Waals surface area contributed by atoms with Crippen molar-refractivity contribution in [2.75, 3.05) is 13.1 Å². The quantitative estimate of drug-likeness (QED) is 0.447. The van der Waals surface area contributed by atoms with Crippen LogP contribution in [0.1, 0.15) is 66.9 Å². The Morgan fingerprint density at radius 3 is 2.22 bits per heavy atom. The molecule has 2 unspecified atom stereocenters. The molecule has 7 heteroatoms. The summed E-state index contributed by atoms with van der Waals surface area (Å²) in [5.74, 6) is 0.0194. The Labute approximate surface area is 193 Å². The normalized spacial score (nSPS) is 14.1. The highest BCUT2D eigenvalue weighted by atomic mass is 16.6. The molecule has 182 valence electrons. The Morgan fingerprint density at radius 1 is 1.12 bits per heavy atom. The lowest BCUT2D eigenvalue weighted by atomic mass is 9.89. The minimum atomic E-state index is -1.09. The van der Waals surface area contributed by atoms with E-state index in [-0.39, 0.29) is 36.1 Å². The summed E-state index contributed by atoms with van der Waals surface area (Å²) < 4.78 is 5.51. The van der Waals surface area contributed by atoms with Gasteiger partial charge in [-0.1, -0.05) is 58.0 Å². The standard InChI is InChI=1S/C25H43N3O4/c1-18(2)16-28(23(31)32-24(3,4)5)22(30)14-20(13-19-11-9-8-10-12-19)27-21(29)15-25(6,7)17-26/h8-12,18,20,22,30H,13-17,26H2,1-7H3,(H,27,29). The largest absolute Gasteiger partial charge is 0.444 e. The molecule has 0 aromatic heterocycles. The van der Waals surface area contributed by atoms with E-state index in [0.29, 0.717) is 19.5 Å². The van der Waals surface area contributed by atoms with Crippen LogP contribution in [0.15, 0.2) is 30.3 Å². The predicted molar refractivity (Wildman–Crippen MR) is 128 cm³/mol. The molecule has 0 aliphatic carbocycles. The van der Waals surface area contributed by atoms with Crippen LogP contribution < -0.4 is 11.1 Å². The minimum Gasteiger partial charge on any atom is -0.444 e. The van der Waals surface area contributed by atoms with E-state index in [1.165, 1.54) is 4.90 Å². The average molecular weight is 450 g/mol. The van der Waals surface area contributed by atoms with E-state index < -0.39 is 17.9 Å². The Kier molecular flexibility index (Phi) is 10.6. The second-order valence-corrected chi connectivity index (χ2v) is 10.7. The highest BCUT2D eigenvalue weighted by Crippen LogP contribution is 2.20. The zero-order chi connectivity index (χ0) is 24.5. The molecule has 4 N–H and O–H groups in total. The van der Waals surface area contributed by atoms with Crippen molar-refractivity contribution in [3.63, 3.8) is 0 Å². The molecule has 0 saturated carbocycles. The Morgan fingerprint density at radius 2 is 1.72 bits per heavy atom. The highest BCUT2D eigenvalue weighted by molar-refractivity contribution is 5.77. The molecular weight excluding hydrogens is 406 g/mol. The highest BCUT2D eigenvalue weighted by Gasteiger charge is 2.30. The maximum atomic E-state index is 12.8. The first-order chi connectivity index (χ1) is 14.7. The number of nitrogens with two attached hydrogens (primary N) is 1. The molecule has 0 aliphatic heterocycles. The molecule has 7 nitrogen and oxygen atoms in total. The van der Waals surface area contributed by atoms with Crippen molar-refractivity contribution in [2.24, 2.45) is 17.1 Å². The van der Waals surface area contributed by atoms with Crippen molar-refractivity contribution in [2.45, 2.75) is 85.6 Å². The van der Waals surface area contributed by atoms with Gasteiger partial charge in [0, 0.05) is 25.4 Å². The molecule has 0 heterocycles. The molecule has 0 fully saturated rings. The molecular formula is C25H43N3O4. The molecule has 1 aromatic rings. The number of carbonyl (C=O) groups excluding carboxylic acids is 2. The molecule has 2 amide bonds. The van der Waals surface area contributed by atoms with E-state index in [0.717, 1.165) is 5.56 Å². The summed E-state index contributed by atoms with van der Waals surface area (Å²) in [7, 11) is 0. The second-order valence-electron chi connectivity index (χ2n) is 10.7. The van der Waals surface area contributed by atoms with E-state index in [4.69, 9.17) is 10.5 Å². The lowest BCUT2D eigenvalue weighted by molar-refractivity contribution is -0.124. The Bertz CT molecular complexity index is 714. The maximum absolute atomic E-state index is 12.8. The van der Waals surface area contributed by atoms with Gasteiger partial charge in [-0.3, -0.25) is 9.69 Å². The average Bonchev–Trinajstić information content (AvgIpc) is 2.64. The number of nitrogens with zero attached hydrogens (tertiary/aromatic N) is 1. The summed E-state index contributed by atoms with van der Waals surface area (Å²) in [6.45, 7) is 14.0. The van der Waals surface area contributed by atoms with Gasteiger partial charge in [0.25, 0.3) is 0 Å². The predicted octanol–water partition coefficient (Wildman–Crippen LogP) is 3.69. The van der Waals surface area contributed by atoms with Crippen LogP contribution in [0, 0.1) is 11.3 Å². The van der Waals surface area contributed by atoms with Gasteiger partial charge in [0.2, 0.25) is 5.91 Å². The van der Waals surface area contributed by atoms with Gasteiger partial charge in [0.05, 0.1) is 0 Å². The first-order valence-corrected chi connectivity index (χ1v) is 11.4. The zero-order valence-corrected chi connectivity index (χ0v) is 20.9. The summed E-state index contributed by atoms with van der Waals surface area (Å²) >= 11 is 0. The summed E-state index contributed by atoms with van der Waals surface area (Å²) in [6.07, 6.45) is -0.643. The number of hydrogen-bond acceptors (Lipinski definition) is 5. The number of rotatable bonds is 11. The van der Waals surface area contributed by atoms with E-state index in [9.17, 15) is 14.7 Å². The molecule has 2 atom stereocenters. The third-order valence-electron chi connectivity index (χ3n) is 4.93. The van der Waals surface area contributed by atoms with Gasteiger partial charge in [0.15, 0.2) is 0 Å². The lowest BCUT2D eigenvalue weighted by Gasteiger charge is -2.34. The van der Waals surface area contributed by atoms with Gasteiger partial charge < -0.3 is 20.9 Å². The van der Waals surface area contributed by atoms with Crippen LogP contribution in [0.2, 0.25) is 0 Å². The van der Waals surface area contributed by atoms with Crippen LogP contribution >= 0.6 is 0 Å². The van der Waals surface area contributed by atoms with Crippen molar-refractivity contribution in [1.82, 2.24) is 10.2 Å². The SMILES string of the molecule is CC(C)CN(C(=O)OC(C)(C)C)C(O)CC(Cc1ccccc1)NC(=O)CC(C)(C)CN. The van der Waals surface area contributed by atoms with Gasteiger partial charge >= 0.3 is 6.09 Å². The van der Waals surface area contributed by atoms with Crippen LogP contribution in [-0.2, 0) is 16.0 Å². The van der Waals surface area contributed by atoms with Gasteiger partial charge in [-0.05, 0) is 50.6 Å². The number of benzene rings is 1. The Balaban J connectivity index is 3.02. The first-order valence-electron chi connectivity index (χ1n) is 11.4. The van der Waals surface area contributed by atoms with Gasteiger partial charge in [-0.15, -0.1) is 0 Å². The van der Waals surface area contributed by atoms with Gasteiger partial charge in [-0.2, -0.15) is 0 Å². The van der Waals surface area contributed by atoms with Crippen LogP contribution in [0.4, 0.5) is 4.79 Å². The summed E-state index contributed by atoms with van der Waals surface area (Å²) in [5.41, 5.74) is 5.83. The third kappa shape index (κ3) is 11.0. The second kappa shape index (κ2) is 12.2. The van der Waals surface area contributed by atoms with E-state index >= 15 is 0 Å². The molecule has 0 spiro atoms. The van der Waals surface area contributed by atoms with Crippen LogP contribution in [0.5, 0.6) is 0 Å². The number of amides is 2. The molecule has 1 aromatic carbocycles. The number of aliphatic hydroxyl groups excluding tert-OH is 1. The van der Waals surface area contributed by atoms with E-state index in [2.05, 4.69) is 5.32 Å². The number of carbonyl (C=O) groups is 2. The number of nitrogens with one attached hydrogen (secondary N) is 1. The van der Waals surface area contributed by atoms with Crippen molar-refractivity contribution in [1.29, 1.82) is 0 Å². The van der Waals surface area contributed by atoms with Crippen LogP contribution in [0.3, 0.4) is 0 Å². The van der Waals surface area contributed by atoms with Crippen molar-refractivity contribution in [3.05, 3.63) is 35.9 Å². The van der Waals surface area contributed by atoms with Gasteiger partial charge in [0.1, 0.15) is 11.8 Å². The van der Waals surface area contributed by atoms with Gasteiger partial charge in [-0.25, -0.2) is 4.79 Å². The van der Waals surface area contributed by atoms with E-state index in [1.807, 2.05) is 58.0 Å². The summed E-state index contributed by atoms with van der Waals surface area (Å²) in [4.78, 5) is 26.8. The zero-order valence-electron chi connectivity index (χ0n) is 20.9. The number of hydrogen-bond donors (Lipinski definition) is 3. The fraction of sp³-hybridized carbons (Fsp3) is 0.680. The smallest absolute Gasteiger partial charge is 0.412 e. The fourth-order valence-corrected chi connectivity index (χ4v) is 3.29. The van der Waals surface area contributed by atoms with Crippen LogP contribution in [0.25, 0.3) is 0 Å². The monoisotopic (exact) mass is 449 g/mol. The lowest BCUT2D eigenvalue weighted by Crippen LogP contribution is -2.49. The maximum Gasteiger partial charge on any atom is 0.412 e. The molecule has 32 heavy (non-hydrogen) atoms. The molecule has 0 aliphatic rings. The fourth-order valence-electron chi connectivity index (χ4n) is 3.29. The van der Waals surface area contributed by atoms with E-state index in [1.54, 1.807) is 20.8 Å². The summed E-state index contributed by atoms with van der Waals surface area (Å²) in [5, 5.41) is 14.1.